The van der Waals surface area contributed by atoms with E-state index in [0.29, 0.717) is 19.0 Å². The zero-order chi connectivity index (χ0) is 17.4. The summed E-state index contributed by atoms with van der Waals surface area (Å²) in [6.45, 7) is 4.43. The van der Waals surface area contributed by atoms with Gasteiger partial charge in [-0.1, -0.05) is 0 Å². The number of nitrogens with zero attached hydrogens (tertiary/aromatic N) is 1. The van der Waals surface area contributed by atoms with E-state index in [1.165, 1.54) is 9.80 Å². The summed E-state index contributed by atoms with van der Waals surface area (Å²) >= 11 is 0. The second-order valence-corrected chi connectivity index (χ2v) is 6.88. The molecule has 1 aromatic carbocycles. The molecule has 3 heterocycles. The number of rotatable bonds is 4. The Kier molecular flexibility index (Phi) is 4.25. The van der Waals surface area contributed by atoms with Gasteiger partial charge in [-0.3, -0.25) is 14.5 Å². The molecule has 1 aromatic rings. The van der Waals surface area contributed by atoms with E-state index in [4.69, 9.17) is 9.47 Å². The Bertz CT molecular complexity index is 685. The summed E-state index contributed by atoms with van der Waals surface area (Å²) in [6.07, 6.45) is 2.32. The van der Waals surface area contributed by atoms with Gasteiger partial charge in [-0.25, -0.2) is 0 Å². The number of amides is 2. The molecule has 2 saturated heterocycles. The lowest BCUT2D eigenvalue weighted by molar-refractivity contribution is -0.919. The first-order chi connectivity index (χ1) is 12.2. The predicted molar refractivity (Wildman–Crippen MR) is 90.7 cm³/mol. The minimum atomic E-state index is -0.182. The summed E-state index contributed by atoms with van der Waals surface area (Å²) in [5, 5.41) is 3.55. The Morgan fingerprint density at radius 1 is 1.20 bits per heavy atom. The largest absolute Gasteiger partial charge is 0.454 e. The average molecular weight is 346 g/mol. The third kappa shape index (κ3) is 3.04. The number of likely N-dealkylation sites (N-methyl/N-ethyl adjacent to an activating group) is 1. The maximum atomic E-state index is 12.4. The van der Waals surface area contributed by atoms with Crippen LogP contribution in [-0.2, 0) is 9.59 Å². The normalized spacial score (nSPS) is 28.5. The number of benzene rings is 1. The van der Waals surface area contributed by atoms with E-state index in [-0.39, 0.29) is 24.6 Å². The van der Waals surface area contributed by atoms with Crippen LogP contribution >= 0.6 is 0 Å². The quantitative estimate of drug-likeness (QED) is 0.752. The summed E-state index contributed by atoms with van der Waals surface area (Å²) in [5.41, 5.74) is 1.03. The van der Waals surface area contributed by atoms with Crippen LogP contribution < -0.4 is 19.7 Å². The van der Waals surface area contributed by atoms with Crippen LogP contribution in [0.1, 0.15) is 26.2 Å². The topological polar surface area (TPSA) is 72.3 Å². The fourth-order valence-electron chi connectivity index (χ4n) is 4.04. The summed E-state index contributed by atoms with van der Waals surface area (Å²) in [5.74, 6) is 1.55. The fraction of sp³-hybridized carbons (Fsp3) is 0.556. The molecule has 0 bridgehead atoms. The summed E-state index contributed by atoms with van der Waals surface area (Å²) < 4.78 is 10.7. The highest BCUT2D eigenvalue weighted by molar-refractivity contribution is 6.04. The van der Waals surface area contributed by atoms with Gasteiger partial charge in [0.25, 0.3) is 5.91 Å². The molecule has 3 aliphatic heterocycles. The van der Waals surface area contributed by atoms with Gasteiger partial charge in [0, 0.05) is 37.2 Å². The van der Waals surface area contributed by atoms with Crippen molar-refractivity contribution in [3.63, 3.8) is 0 Å². The minimum Gasteiger partial charge on any atom is -0.454 e. The first-order valence-corrected chi connectivity index (χ1v) is 9.00. The molecule has 134 valence electrons. The van der Waals surface area contributed by atoms with Crippen molar-refractivity contribution in [3.8, 4) is 11.5 Å². The average Bonchev–Trinajstić information content (AvgIpc) is 3.19. The lowest BCUT2D eigenvalue weighted by Crippen LogP contribution is -3.17. The van der Waals surface area contributed by atoms with Crippen molar-refractivity contribution in [1.82, 2.24) is 4.90 Å². The van der Waals surface area contributed by atoms with Gasteiger partial charge in [0.05, 0.1) is 19.5 Å². The van der Waals surface area contributed by atoms with Gasteiger partial charge >= 0.3 is 0 Å². The number of hydrogen-bond acceptors (Lipinski definition) is 5. The number of nitrogens with one attached hydrogen (secondary N) is 2. The number of carbonyl (C=O) groups excluding carboxylic acids is 2. The van der Waals surface area contributed by atoms with Crippen LogP contribution in [0.5, 0.6) is 11.5 Å². The van der Waals surface area contributed by atoms with E-state index in [9.17, 15) is 9.59 Å². The molecule has 0 aliphatic carbocycles. The summed E-state index contributed by atoms with van der Waals surface area (Å²) in [7, 11) is 0. The molecule has 2 fully saturated rings. The van der Waals surface area contributed by atoms with Crippen LogP contribution in [0.4, 0.5) is 5.69 Å². The lowest BCUT2D eigenvalue weighted by Gasteiger charge is -2.32. The molecule has 2 N–H and O–H groups in total. The van der Waals surface area contributed by atoms with Crippen LogP contribution in [-0.4, -0.2) is 55.2 Å². The number of quaternary nitrogens is 1. The van der Waals surface area contributed by atoms with Crippen LogP contribution in [0.25, 0.3) is 0 Å². The molecule has 0 radical (unpaired) electrons. The van der Waals surface area contributed by atoms with Gasteiger partial charge in [0.2, 0.25) is 12.7 Å². The second-order valence-electron chi connectivity index (χ2n) is 6.88. The number of ether oxygens (including phenoxy) is 2. The van der Waals surface area contributed by atoms with Crippen molar-refractivity contribution in [3.05, 3.63) is 18.2 Å². The van der Waals surface area contributed by atoms with Crippen LogP contribution in [0.3, 0.4) is 0 Å². The minimum absolute atomic E-state index is 0.00433. The number of likely N-dealkylation sites (tertiary alicyclic amines) is 2. The van der Waals surface area contributed by atoms with Crippen LogP contribution in [0.15, 0.2) is 18.2 Å². The number of fused-ring (bicyclic) bond motifs is 1. The first-order valence-electron chi connectivity index (χ1n) is 9.00. The maximum Gasteiger partial charge on any atom is 0.287 e. The molecule has 1 atom stereocenters. The van der Waals surface area contributed by atoms with Crippen LogP contribution in [0, 0.1) is 0 Å². The first kappa shape index (κ1) is 16.2. The van der Waals surface area contributed by atoms with Gasteiger partial charge in [-0.15, -0.1) is 0 Å². The second kappa shape index (κ2) is 6.55. The van der Waals surface area contributed by atoms with Gasteiger partial charge in [-0.2, -0.15) is 0 Å². The molecular weight excluding hydrogens is 322 g/mol. The third-order valence-electron chi connectivity index (χ3n) is 5.42. The summed E-state index contributed by atoms with van der Waals surface area (Å²) in [6, 6.07) is 6.09. The Balaban J connectivity index is 1.33. The molecule has 7 nitrogen and oxygen atoms in total. The van der Waals surface area contributed by atoms with Gasteiger partial charge in [-0.05, 0) is 19.1 Å². The van der Waals surface area contributed by atoms with Gasteiger partial charge in [0.1, 0.15) is 0 Å². The van der Waals surface area contributed by atoms with Crippen molar-refractivity contribution in [2.75, 3.05) is 31.7 Å². The van der Waals surface area contributed by atoms with Gasteiger partial charge < -0.3 is 19.7 Å². The molecule has 2 amide bonds. The summed E-state index contributed by atoms with van der Waals surface area (Å²) in [4.78, 5) is 26.9. The molecule has 0 saturated carbocycles. The standard InChI is InChI=1S/C18H23N3O4/c1-2-21-17(22)10-14(18(21)23)20-7-5-12(6-8-20)19-13-3-4-15-16(9-13)25-11-24-15/h3-4,9,12,14,19H,2,5-8,10-11H2,1H3/p+1/t14-/m0/s1. The molecule has 3 aliphatic rings. The monoisotopic (exact) mass is 346 g/mol. The van der Waals surface area contributed by atoms with E-state index in [1.807, 2.05) is 25.1 Å². The smallest absolute Gasteiger partial charge is 0.287 e. The highest BCUT2D eigenvalue weighted by atomic mass is 16.7. The maximum absolute atomic E-state index is 12.4. The number of imide groups is 1. The number of hydrogen-bond donors (Lipinski definition) is 2. The van der Waals surface area contributed by atoms with Crippen molar-refractivity contribution >= 4 is 17.5 Å². The van der Waals surface area contributed by atoms with Crippen molar-refractivity contribution in [2.45, 2.75) is 38.3 Å². The molecule has 7 heteroatoms. The molecule has 4 rings (SSSR count). The Labute approximate surface area is 146 Å². The Morgan fingerprint density at radius 3 is 2.68 bits per heavy atom. The van der Waals surface area contributed by atoms with Crippen molar-refractivity contribution < 1.29 is 24.0 Å². The zero-order valence-electron chi connectivity index (χ0n) is 14.4. The molecule has 25 heavy (non-hydrogen) atoms. The lowest BCUT2D eigenvalue weighted by atomic mass is 10.0. The van der Waals surface area contributed by atoms with E-state index >= 15 is 0 Å². The molecule has 0 unspecified atom stereocenters. The number of carbonyl (C=O) groups is 2. The van der Waals surface area contributed by atoms with E-state index in [0.717, 1.165) is 43.1 Å². The van der Waals surface area contributed by atoms with E-state index < -0.39 is 0 Å². The van der Waals surface area contributed by atoms with E-state index in [1.54, 1.807) is 0 Å². The molecule has 0 aromatic heterocycles. The van der Waals surface area contributed by atoms with Gasteiger partial charge in [0.15, 0.2) is 17.5 Å². The Hall–Kier alpha value is -2.28. The zero-order valence-corrected chi connectivity index (χ0v) is 14.4. The Morgan fingerprint density at radius 2 is 1.96 bits per heavy atom. The molecular formula is C18H24N3O4+. The van der Waals surface area contributed by atoms with Crippen molar-refractivity contribution in [2.24, 2.45) is 0 Å². The number of anilines is 1. The highest BCUT2D eigenvalue weighted by Crippen LogP contribution is 2.34. The van der Waals surface area contributed by atoms with Crippen molar-refractivity contribution in [1.29, 1.82) is 0 Å². The highest BCUT2D eigenvalue weighted by Gasteiger charge is 2.45. The number of piperidine rings is 1. The van der Waals surface area contributed by atoms with E-state index in [2.05, 4.69) is 5.32 Å². The third-order valence-corrected chi connectivity index (χ3v) is 5.42. The predicted octanol–water partition coefficient (Wildman–Crippen LogP) is 0.0219. The van der Waals surface area contributed by atoms with Crippen LogP contribution in [0.2, 0.25) is 0 Å². The SMILES string of the molecule is CCN1C(=O)C[C@H]([NH+]2CCC(Nc3ccc4c(c3)OCO4)CC2)C1=O. The fourth-order valence-corrected chi connectivity index (χ4v) is 4.04. The molecule has 0 spiro atoms.